The van der Waals surface area contributed by atoms with Crippen LogP contribution >= 0.6 is 11.3 Å². The summed E-state index contributed by atoms with van der Waals surface area (Å²) in [6, 6.07) is 5.17. The van der Waals surface area contributed by atoms with Crippen LogP contribution in [0.1, 0.15) is 44.6 Å². The molecule has 2 rings (SSSR count). The van der Waals surface area contributed by atoms with Crippen molar-refractivity contribution >= 4 is 11.3 Å². The summed E-state index contributed by atoms with van der Waals surface area (Å²) >= 11 is 1.75. The van der Waals surface area contributed by atoms with Crippen molar-refractivity contribution in [3.8, 4) is 6.07 Å². The Balaban J connectivity index is 1.99. The van der Waals surface area contributed by atoms with Crippen LogP contribution in [0.15, 0.2) is 16.8 Å². The number of nitriles is 1. The first-order valence-electron chi connectivity index (χ1n) is 7.35. The van der Waals surface area contributed by atoms with Crippen LogP contribution in [0.5, 0.6) is 0 Å². The lowest BCUT2D eigenvalue weighted by molar-refractivity contribution is 0.116. The lowest BCUT2D eigenvalue weighted by atomic mass is 9.76. The van der Waals surface area contributed by atoms with Crippen molar-refractivity contribution < 1.29 is 0 Å². The van der Waals surface area contributed by atoms with Gasteiger partial charge in [0.15, 0.2) is 0 Å². The second kappa shape index (κ2) is 7.07. The molecule has 0 aliphatic heterocycles. The summed E-state index contributed by atoms with van der Waals surface area (Å²) in [5.41, 5.74) is 1.38. The Hall–Kier alpha value is -0.850. The Labute approximate surface area is 121 Å². The van der Waals surface area contributed by atoms with Gasteiger partial charge in [-0.3, -0.25) is 4.90 Å². The highest BCUT2D eigenvalue weighted by molar-refractivity contribution is 7.07. The zero-order valence-electron chi connectivity index (χ0n) is 12.0. The molecule has 1 aliphatic rings. The van der Waals surface area contributed by atoms with Crippen molar-refractivity contribution in [1.82, 2.24) is 4.90 Å². The van der Waals surface area contributed by atoms with Gasteiger partial charge in [-0.1, -0.05) is 19.8 Å². The number of rotatable bonds is 5. The molecule has 1 aromatic heterocycles. The molecule has 3 atom stereocenters. The molecule has 0 spiro atoms. The molecule has 3 unspecified atom stereocenters. The van der Waals surface area contributed by atoms with Gasteiger partial charge in [-0.2, -0.15) is 16.6 Å². The quantitative estimate of drug-likeness (QED) is 0.802. The zero-order chi connectivity index (χ0) is 13.7. The molecule has 1 aliphatic carbocycles. The van der Waals surface area contributed by atoms with E-state index in [1.54, 1.807) is 11.3 Å². The van der Waals surface area contributed by atoms with Crippen LogP contribution in [-0.4, -0.2) is 18.0 Å². The van der Waals surface area contributed by atoms with Gasteiger partial charge in [0.1, 0.15) is 0 Å². The number of hydrogen-bond acceptors (Lipinski definition) is 3. The molecule has 0 N–H and O–H groups in total. The van der Waals surface area contributed by atoms with Gasteiger partial charge in [0.25, 0.3) is 0 Å². The van der Waals surface area contributed by atoms with Crippen LogP contribution in [0.25, 0.3) is 0 Å². The highest BCUT2D eigenvalue weighted by atomic mass is 32.1. The van der Waals surface area contributed by atoms with E-state index in [4.69, 9.17) is 0 Å². The van der Waals surface area contributed by atoms with Crippen LogP contribution in [0, 0.1) is 23.2 Å². The smallest absolute Gasteiger partial charge is 0.0672 e. The van der Waals surface area contributed by atoms with E-state index in [0.29, 0.717) is 6.04 Å². The van der Waals surface area contributed by atoms with Crippen molar-refractivity contribution in [2.24, 2.45) is 11.8 Å². The summed E-state index contributed by atoms with van der Waals surface area (Å²) in [6.45, 7) is 3.24. The van der Waals surface area contributed by atoms with E-state index in [1.165, 1.54) is 31.2 Å². The van der Waals surface area contributed by atoms with E-state index in [9.17, 15) is 5.26 Å². The monoisotopic (exact) mass is 276 g/mol. The Morgan fingerprint density at radius 2 is 2.32 bits per heavy atom. The minimum absolute atomic E-state index is 0.219. The van der Waals surface area contributed by atoms with Gasteiger partial charge in [0.05, 0.1) is 12.0 Å². The van der Waals surface area contributed by atoms with E-state index < -0.39 is 0 Å². The standard InChI is InChI=1S/C16H24N2S/c1-3-4-13-5-6-15(10-17)16(9-13)18(2)11-14-7-8-19-12-14/h7-8,12-13,15-16H,3-6,9,11H2,1-2H3. The minimum atomic E-state index is 0.219. The molecular formula is C16H24N2S. The number of nitrogens with zero attached hydrogens (tertiary/aromatic N) is 2. The molecule has 1 fully saturated rings. The average Bonchev–Trinajstić information content (AvgIpc) is 2.92. The Morgan fingerprint density at radius 3 is 2.95 bits per heavy atom. The van der Waals surface area contributed by atoms with Gasteiger partial charge in [0.2, 0.25) is 0 Å². The van der Waals surface area contributed by atoms with E-state index in [0.717, 1.165) is 18.9 Å². The Bertz CT molecular complexity index is 407. The van der Waals surface area contributed by atoms with E-state index >= 15 is 0 Å². The fourth-order valence-electron chi connectivity index (χ4n) is 3.33. The van der Waals surface area contributed by atoms with Gasteiger partial charge in [-0.15, -0.1) is 0 Å². The number of hydrogen-bond donors (Lipinski definition) is 0. The van der Waals surface area contributed by atoms with Gasteiger partial charge < -0.3 is 0 Å². The lowest BCUT2D eigenvalue weighted by Gasteiger charge is -2.38. The van der Waals surface area contributed by atoms with Crippen LogP contribution in [0.4, 0.5) is 0 Å². The maximum atomic E-state index is 9.38. The summed E-state index contributed by atoms with van der Waals surface area (Å²) in [5, 5.41) is 13.7. The number of thiophene rings is 1. The minimum Gasteiger partial charge on any atom is -0.298 e. The van der Waals surface area contributed by atoms with Crippen molar-refractivity contribution in [2.75, 3.05) is 7.05 Å². The van der Waals surface area contributed by atoms with E-state index in [2.05, 4.69) is 41.8 Å². The molecular weight excluding hydrogens is 252 g/mol. The van der Waals surface area contributed by atoms with Gasteiger partial charge in [0, 0.05) is 12.6 Å². The van der Waals surface area contributed by atoms with E-state index in [1.807, 2.05) is 0 Å². The fourth-order valence-corrected chi connectivity index (χ4v) is 3.99. The van der Waals surface area contributed by atoms with Crippen LogP contribution in [0.3, 0.4) is 0 Å². The molecule has 1 heterocycles. The second-order valence-electron chi connectivity index (χ2n) is 5.82. The van der Waals surface area contributed by atoms with Crippen molar-refractivity contribution in [3.63, 3.8) is 0 Å². The highest BCUT2D eigenvalue weighted by Gasteiger charge is 2.32. The molecule has 1 aromatic rings. The fraction of sp³-hybridized carbons (Fsp3) is 0.688. The van der Waals surface area contributed by atoms with Crippen molar-refractivity contribution in [2.45, 2.75) is 51.6 Å². The van der Waals surface area contributed by atoms with Crippen molar-refractivity contribution in [3.05, 3.63) is 22.4 Å². The largest absolute Gasteiger partial charge is 0.298 e. The molecule has 19 heavy (non-hydrogen) atoms. The van der Waals surface area contributed by atoms with Gasteiger partial charge in [-0.05, 0) is 54.6 Å². The molecule has 3 heteroatoms. The first-order chi connectivity index (χ1) is 9.24. The molecule has 0 bridgehead atoms. The summed E-state index contributed by atoms with van der Waals surface area (Å²) in [4.78, 5) is 2.40. The first-order valence-corrected chi connectivity index (χ1v) is 8.29. The van der Waals surface area contributed by atoms with Crippen molar-refractivity contribution in [1.29, 1.82) is 5.26 Å². The van der Waals surface area contributed by atoms with Crippen LogP contribution < -0.4 is 0 Å². The van der Waals surface area contributed by atoms with Gasteiger partial charge >= 0.3 is 0 Å². The maximum Gasteiger partial charge on any atom is 0.0672 e. The summed E-state index contributed by atoms with van der Waals surface area (Å²) in [6.07, 6.45) is 6.12. The summed E-state index contributed by atoms with van der Waals surface area (Å²) < 4.78 is 0. The van der Waals surface area contributed by atoms with Crippen LogP contribution in [-0.2, 0) is 6.54 Å². The van der Waals surface area contributed by atoms with Gasteiger partial charge in [-0.25, -0.2) is 0 Å². The first kappa shape index (κ1) is 14.6. The Morgan fingerprint density at radius 1 is 1.47 bits per heavy atom. The molecule has 2 nitrogen and oxygen atoms in total. The molecule has 0 radical (unpaired) electrons. The zero-order valence-corrected chi connectivity index (χ0v) is 12.8. The summed E-state index contributed by atoms with van der Waals surface area (Å²) in [7, 11) is 2.18. The highest BCUT2D eigenvalue weighted by Crippen LogP contribution is 2.34. The molecule has 0 amide bonds. The molecule has 0 saturated heterocycles. The SMILES string of the molecule is CCCC1CCC(C#N)C(N(C)Cc2ccsc2)C1. The average molecular weight is 276 g/mol. The molecule has 1 saturated carbocycles. The Kier molecular flexibility index (Phi) is 5.42. The normalized spacial score (nSPS) is 27.4. The third-order valence-electron chi connectivity index (χ3n) is 4.37. The maximum absolute atomic E-state index is 9.38. The van der Waals surface area contributed by atoms with Crippen LogP contribution in [0.2, 0.25) is 0 Å². The van der Waals surface area contributed by atoms with E-state index in [-0.39, 0.29) is 5.92 Å². The molecule has 104 valence electrons. The third-order valence-corrected chi connectivity index (χ3v) is 5.10. The molecule has 0 aromatic carbocycles. The topological polar surface area (TPSA) is 27.0 Å². The third kappa shape index (κ3) is 3.81. The summed E-state index contributed by atoms with van der Waals surface area (Å²) in [5.74, 6) is 1.04. The predicted octanol–water partition coefficient (Wildman–Crippen LogP) is 4.29. The predicted molar refractivity (Wildman–Crippen MR) is 80.9 cm³/mol. The second-order valence-corrected chi connectivity index (χ2v) is 6.60. The lowest BCUT2D eigenvalue weighted by Crippen LogP contribution is -2.41.